The summed E-state index contributed by atoms with van der Waals surface area (Å²) in [6.07, 6.45) is 5.78. The van der Waals surface area contributed by atoms with Gasteiger partial charge < -0.3 is 11.1 Å². The van der Waals surface area contributed by atoms with Crippen LogP contribution in [0, 0.1) is 5.92 Å². The van der Waals surface area contributed by atoms with E-state index in [0.29, 0.717) is 11.7 Å². The Balaban J connectivity index is 2.66. The molecule has 0 aliphatic carbocycles. The number of rotatable bonds is 5. The fourth-order valence-electron chi connectivity index (χ4n) is 1.68. The van der Waals surface area contributed by atoms with Gasteiger partial charge in [0.25, 0.3) is 0 Å². The highest BCUT2D eigenvalue weighted by Crippen LogP contribution is 2.28. The lowest BCUT2D eigenvalue weighted by Crippen LogP contribution is -2.19. The summed E-state index contributed by atoms with van der Waals surface area (Å²) in [6.45, 7) is 6.66. The molecule has 1 aromatic rings. The number of hydrogen-bond acceptors (Lipinski definition) is 3. The molecule has 0 saturated heterocycles. The van der Waals surface area contributed by atoms with Gasteiger partial charge in [0.1, 0.15) is 0 Å². The number of hydrogen-bond donors (Lipinski definition) is 2. The predicted molar refractivity (Wildman–Crippen MR) is 73.5 cm³/mol. The SMILES string of the molecule is CCC(C)CC(C)Nc1c(N)cncc1Br. The number of nitrogens with two attached hydrogens (primary N) is 1. The Morgan fingerprint density at radius 1 is 1.44 bits per heavy atom. The zero-order valence-corrected chi connectivity index (χ0v) is 11.7. The Morgan fingerprint density at radius 2 is 2.12 bits per heavy atom. The monoisotopic (exact) mass is 285 g/mol. The summed E-state index contributed by atoms with van der Waals surface area (Å²) in [6, 6.07) is 0.413. The van der Waals surface area contributed by atoms with Crippen molar-refractivity contribution in [1.82, 2.24) is 4.98 Å². The van der Waals surface area contributed by atoms with Crippen LogP contribution in [0.2, 0.25) is 0 Å². The number of nitrogens with one attached hydrogen (secondary N) is 1. The van der Waals surface area contributed by atoms with E-state index >= 15 is 0 Å². The van der Waals surface area contributed by atoms with Gasteiger partial charge in [0.15, 0.2) is 0 Å². The standard InChI is InChI=1S/C12H20BrN3/c1-4-8(2)5-9(3)16-12-10(13)6-15-7-11(12)14/h6-9H,4-5,14H2,1-3H3,(H,15,16). The first-order valence-electron chi connectivity index (χ1n) is 5.70. The third-order valence-electron chi connectivity index (χ3n) is 2.77. The van der Waals surface area contributed by atoms with Crippen LogP contribution in [-0.2, 0) is 0 Å². The van der Waals surface area contributed by atoms with Crippen LogP contribution in [0.1, 0.15) is 33.6 Å². The van der Waals surface area contributed by atoms with Crippen LogP contribution >= 0.6 is 15.9 Å². The van der Waals surface area contributed by atoms with Crippen LogP contribution in [0.3, 0.4) is 0 Å². The second-order valence-electron chi connectivity index (χ2n) is 4.38. The van der Waals surface area contributed by atoms with Crippen molar-refractivity contribution in [3.63, 3.8) is 0 Å². The molecule has 1 heterocycles. The van der Waals surface area contributed by atoms with Gasteiger partial charge in [0.05, 0.1) is 22.0 Å². The van der Waals surface area contributed by atoms with E-state index in [0.717, 1.165) is 22.5 Å². The Morgan fingerprint density at radius 3 is 2.69 bits per heavy atom. The summed E-state index contributed by atoms with van der Waals surface area (Å²) in [7, 11) is 0. The summed E-state index contributed by atoms with van der Waals surface area (Å²) in [5.41, 5.74) is 7.51. The van der Waals surface area contributed by atoms with Gasteiger partial charge in [-0.3, -0.25) is 4.98 Å². The van der Waals surface area contributed by atoms with Crippen LogP contribution in [-0.4, -0.2) is 11.0 Å². The molecule has 16 heavy (non-hydrogen) atoms. The minimum Gasteiger partial charge on any atom is -0.396 e. The normalized spacial score (nSPS) is 14.5. The molecule has 3 N–H and O–H groups in total. The number of aromatic nitrogens is 1. The largest absolute Gasteiger partial charge is 0.396 e. The molecule has 90 valence electrons. The highest BCUT2D eigenvalue weighted by atomic mass is 79.9. The lowest BCUT2D eigenvalue weighted by Gasteiger charge is -2.20. The Labute approximate surface area is 106 Å². The minimum absolute atomic E-state index is 0.413. The van der Waals surface area contributed by atoms with Crippen molar-refractivity contribution >= 4 is 27.3 Å². The first-order chi connectivity index (χ1) is 7.54. The van der Waals surface area contributed by atoms with Crippen molar-refractivity contribution in [1.29, 1.82) is 0 Å². The lowest BCUT2D eigenvalue weighted by atomic mass is 10.0. The van der Waals surface area contributed by atoms with Crippen molar-refractivity contribution in [2.75, 3.05) is 11.1 Å². The summed E-state index contributed by atoms with van der Waals surface area (Å²) in [4.78, 5) is 4.02. The van der Waals surface area contributed by atoms with Crippen molar-refractivity contribution in [2.45, 2.75) is 39.7 Å². The Bertz CT molecular complexity index is 321. The second kappa shape index (κ2) is 6.09. The van der Waals surface area contributed by atoms with E-state index in [1.54, 1.807) is 12.4 Å². The van der Waals surface area contributed by atoms with E-state index in [-0.39, 0.29) is 0 Å². The topological polar surface area (TPSA) is 50.9 Å². The fourth-order valence-corrected chi connectivity index (χ4v) is 2.14. The van der Waals surface area contributed by atoms with Gasteiger partial charge in [0, 0.05) is 12.2 Å². The maximum Gasteiger partial charge on any atom is 0.0752 e. The minimum atomic E-state index is 0.413. The van der Waals surface area contributed by atoms with Crippen molar-refractivity contribution in [2.24, 2.45) is 5.92 Å². The first kappa shape index (κ1) is 13.3. The average Bonchev–Trinajstić information content (AvgIpc) is 2.23. The summed E-state index contributed by atoms with van der Waals surface area (Å²) >= 11 is 3.45. The molecule has 4 heteroatoms. The molecule has 0 aromatic carbocycles. The zero-order chi connectivity index (χ0) is 12.1. The molecule has 0 amide bonds. The Kier molecular flexibility index (Phi) is 5.06. The summed E-state index contributed by atoms with van der Waals surface area (Å²) < 4.78 is 0.920. The third kappa shape index (κ3) is 3.67. The second-order valence-corrected chi connectivity index (χ2v) is 5.23. The molecule has 2 atom stereocenters. The quantitative estimate of drug-likeness (QED) is 0.868. The molecule has 0 aliphatic rings. The van der Waals surface area contributed by atoms with Crippen LogP contribution in [0.25, 0.3) is 0 Å². The van der Waals surface area contributed by atoms with E-state index in [2.05, 4.69) is 47.0 Å². The maximum atomic E-state index is 5.88. The summed E-state index contributed by atoms with van der Waals surface area (Å²) in [5, 5.41) is 3.43. The van der Waals surface area contributed by atoms with Crippen LogP contribution in [0.15, 0.2) is 16.9 Å². The average molecular weight is 286 g/mol. The molecular weight excluding hydrogens is 266 g/mol. The van der Waals surface area contributed by atoms with Gasteiger partial charge in [-0.2, -0.15) is 0 Å². The smallest absolute Gasteiger partial charge is 0.0752 e. The van der Waals surface area contributed by atoms with Crippen molar-refractivity contribution < 1.29 is 0 Å². The van der Waals surface area contributed by atoms with E-state index < -0.39 is 0 Å². The molecule has 0 bridgehead atoms. The number of halogens is 1. The number of nitrogens with zero attached hydrogens (tertiary/aromatic N) is 1. The molecule has 0 radical (unpaired) electrons. The van der Waals surface area contributed by atoms with E-state index in [1.165, 1.54) is 6.42 Å². The number of nitrogen functional groups attached to an aromatic ring is 1. The van der Waals surface area contributed by atoms with Gasteiger partial charge in [-0.25, -0.2) is 0 Å². The Hall–Kier alpha value is -0.770. The molecule has 3 nitrogen and oxygen atoms in total. The van der Waals surface area contributed by atoms with Gasteiger partial charge in [-0.05, 0) is 35.2 Å². The zero-order valence-electron chi connectivity index (χ0n) is 10.1. The molecule has 1 aromatic heterocycles. The van der Waals surface area contributed by atoms with Gasteiger partial charge in [-0.1, -0.05) is 20.3 Å². The molecule has 0 saturated carbocycles. The third-order valence-corrected chi connectivity index (χ3v) is 3.37. The van der Waals surface area contributed by atoms with E-state index in [1.807, 2.05) is 0 Å². The molecule has 2 unspecified atom stereocenters. The van der Waals surface area contributed by atoms with Gasteiger partial charge >= 0.3 is 0 Å². The summed E-state index contributed by atoms with van der Waals surface area (Å²) in [5.74, 6) is 0.726. The number of anilines is 2. The fraction of sp³-hybridized carbons (Fsp3) is 0.583. The number of pyridine rings is 1. The molecule has 0 fully saturated rings. The van der Waals surface area contributed by atoms with Crippen molar-refractivity contribution in [3.8, 4) is 0 Å². The molecule has 1 rings (SSSR count). The van der Waals surface area contributed by atoms with Crippen LogP contribution in [0.4, 0.5) is 11.4 Å². The molecule has 0 spiro atoms. The highest BCUT2D eigenvalue weighted by molar-refractivity contribution is 9.10. The van der Waals surface area contributed by atoms with Gasteiger partial charge in [0.2, 0.25) is 0 Å². The first-order valence-corrected chi connectivity index (χ1v) is 6.49. The van der Waals surface area contributed by atoms with E-state index in [9.17, 15) is 0 Å². The molecule has 0 aliphatic heterocycles. The van der Waals surface area contributed by atoms with E-state index in [4.69, 9.17) is 5.73 Å². The lowest BCUT2D eigenvalue weighted by molar-refractivity contribution is 0.484. The van der Waals surface area contributed by atoms with Crippen LogP contribution in [0.5, 0.6) is 0 Å². The predicted octanol–water partition coefficient (Wildman–Crippen LogP) is 3.66. The maximum absolute atomic E-state index is 5.88. The highest BCUT2D eigenvalue weighted by Gasteiger charge is 2.10. The van der Waals surface area contributed by atoms with Crippen LogP contribution < -0.4 is 11.1 Å². The molecular formula is C12H20BrN3. The van der Waals surface area contributed by atoms with Crippen molar-refractivity contribution in [3.05, 3.63) is 16.9 Å². The van der Waals surface area contributed by atoms with Gasteiger partial charge in [-0.15, -0.1) is 0 Å².